The summed E-state index contributed by atoms with van der Waals surface area (Å²) in [5.74, 6) is 1.41. The molecule has 0 aromatic heterocycles. The van der Waals surface area contributed by atoms with Crippen LogP contribution in [0.2, 0.25) is 5.02 Å². The highest BCUT2D eigenvalue weighted by Gasteiger charge is 2.40. The van der Waals surface area contributed by atoms with Gasteiger partial charge in [-0.2, -0.15) is 5.06 Å². The Hall–Kier alpha value is -3.03. The molecule has 0 unspecified atom stereocenters. The fourth-order valence-corrected chi connectivity index (χ4v) is 7.04. The minimum absolute atomic E-state index is 0.0372. The molecule has 1 fully saturated rings. The van der Waals surface area contributed by atoms with Crippen LogP contribution in [-0.2, 0) is 30.9 Å². The number of hydroxylamine groups is 2. The Morgan fingerprint density at radius 3 is 2.71 bits per heavy atom. The molecule has 1 aliphatic carbocycles. The van der Waals surface area contributed by atoms with Crippen LogP contribution in [0.4, 0.5) is 10.5 Å². The predicted octanol–water partition coefficient (Wildman–Crippen LogP) is 5.18. The fourth-order valence-electron chi connectivity index (χ4n) is 5.66. The van der Waals surface area contributed by atoms with Crippen molar-refractivity contribution >= 4 is 33.4 Å². The second-order valence-corrected chi connectivity index (χ2v) is 14.4. The van der Waals surface area contributed by atoms with Crippen molar-refractivity contribution in [3.63, 3.8) is 0 Å². The summed E-state index contributed by atoms with van der Waals surface area (Å²) in [6, 6.07) is 10.4. The maximum absolute atomic E-state index is 13.5. The molecule has 246 valence electrons. The molecule has 5 rings (SSSR count). The summed E-state index contributed by atoms with van der Waals surface area (Å²) in [6.07, 6.45) is 5.06. The van der Waals surface area contributed by atoms with Crippen LogP contribution in [0.3, 0.4) is 0 Å². The van der Waals surface area contributed by atoms with Crippen molar-refractivity contribution in [2.24, 2.45) is 11.8 Å². The minimum Gasteiger partial charge on any atom is -0.493 e. The van der Waals surface area contributed by atoms with Crippen LogP contribution in [0.5, 0.6) is 11.5 Å². The van der Waals surface area contributed by atoms with E-state index in [1.807, 2.05) is 32.1 Å². The SMILES string of the molecule is CON(C)C(=O)O[C@H]1/C=C/COC(C)(C)CNS(=O)(=O)c2ccc3c(c2)N(CCCOc2cc(Cl)ccc2CO3)C[C@@H]2CC[C@H]21. The van der Waals surface area contributed by atoms with Gasteiger partial charge in [-0.1, -0.05) is 23.7 Å². The number of ether oxygens (including phenoxy) is 4. The number of anilines is 1. The summed E-state index contributed by atoms with van der Waals surface area (Å²) in [4.78, 5) is 20.1. The summed E-state index contributed by atoms with van der Waals surface area (Å²) in [5, 5.41) is 1.63. The number of carbonyl (C=O) groups excluding carboxylic acids is 1. The summed E-state index contributed by atoms with van der Waals surface area (Å²) < 4.78 is 54.1. The van der Waals surface area contributed by atoms with Gasteiger partial charge in [0.1, 0.15) is 24.2 Å². The van der Waals surface area contributed by atoms with E-state index in [2.05, 4.69) is 9.62 Å². The van der Waals surface area contributed by atoms with Gasteiger partial charge < -0.3 is 23.8 Å². The van der Waals surface area contributed by atoms with E-state index in [4.69, 9.17) is 35.4 Å². The average Bonchev–Trinajstić information content (AvgIpc) is 3.02. The van der Waals surface area contributed by atoms with E-state index in [0.29, 0.717) is 48.3 Å². The van der Waals surface area contributed by atoms with Gasteiger partial charge in [0.2, 0.25) is 10.0 Å². The summed E-state index contributed by atoms with van der Waals surface area (Å²) >= 11 is 6.25. The Balaban J connectivity index is 1.52. The van der Waals surface area contributed by atoms with Gasteiger partial charge in [0, 0.05) is 43.2 Å². The molecule has 2 heterocycles. The second-order valence-electron chi connectivity index (χ2n) is 12.2. The lowest BCUT2D eigenvalue weighted by Gasteiger charge is -2.43. The van der Waals surface area contributed by atoms with Gasteiger partial charge in [0.15, 0.2) is 0 Å². The Morgan fingerprint density at radius 2 is 1.96 bits per heavy atom. The first-order valence-corrected chi connectivity index (χ1v) is 17.0. The summed E-state index contributed by atoms with van der Waals surface area (Å²) in [7, 11) is -0.954. The first-order chi connectivity index (χ1) is 21.5. The Kier molecular flexibility index (Phi) is 10.5. The third-order valence-electron chi connectivity index (χ3n) is 8.53. The van der Waals surface area contributed by atoms with Crippen molar-refractivity contribution < 1.29 is 37.0 Å². The zero-order valence-corrected chi connectivity index (χ0v) is 27.7. The quantitative estimate of drug-likeness (QED) is 0.343. The lowest BCUT2D eigenvalue weighted by molar-refractivity contribution is -0.104. The maximum Gasteiger partial charge on any atom is 0.434 e. The van der Waals surface area contributed by atoms with Crippen LogP contribution < -0.4 is 19.1 Å². The van der Waals surface area contributed by atoms with Gasteiger partial charge >= 0.3 is 6.09 Å². The molecule has 0 spiro atoms. The van der Waals surface area contributed by atoms with E-state index in [1.165, 1.54) is 14.2 Å². The molecule has 2 aromatic rings. The highest BCUT2D eigenvalue weighted by Crippen LogP contribution is 2.42. The first-order valence-electron chi connectivity index (χ1n) is 15.2. The lowest BCUT2D eigenvalue weighted by Crippen LogP contribution is -2.46. The molecule has 45 heavy (non-hydrogen) atoms. The number of hydrogen-bond acceptors (Lipinski definition) is 9. The van der Waals surface area contributed by atoms with E-state index in [-0.39, 0.29) is 36.5 Å². The van der Waals surface area contributed by atoms with Gasteiger partial charge in [0.25, 0.3) is 0 Å². The van der Waals surface area contributed by atoms with Gasteiger partial charge in [-0.05, 0) is 75.4 Å². The van der Waals surface area contributed by atoms with Crippen LogP contribution >= 0.6 is 11.6 Å². The van der Waals surface area contributed by atoms with Gasteiger partial charge in [0.05, 0.1) is 36.5 Å². The standard InChI is InChI=1S/C32H42ClN3O8S/c1-32(2)21-34-45(38,39)25-11-13-29-27(18-25)36(14-6-15-41-30-17-24(33)10-8-23(30)20-42-29)19-22-9-12-26(22)28(7-5-16-43-32)44-31(37)35(3)40-4/h5,7-8,10-11,13,17-18,22,26,28,34H,6,9,12,14-16,19-21H2,1-4H3/b7-5+/t22-,26+,28-/m0/s1. The molecule has 0 radical (unpaired) electrons. The molecule has 1 saturated carbocycles. The van der Waals surface area contributed by atoms with Crippen molar-refractivity contribution in [1.82, 2.24) is 9.79 Å². The van der Waals surface area contributed by atoms with E-state index in [9.17, 15) is 13.2 Å². The highest BCUT2D eigenvalue weighted by molar-refractivity contribution is 7.89. The topological polar surface area (TPSA) is 116 Å². The van der Waals surface area contributed by atoms with E-state index >= 15 is 0 Å². The number of amides is 1. The Labute approximate surface area is 270 Å². The molecule has 11 nitrogen and oxygen atoms in total. The van der Waals surface area contributed by atoms with Crippen molar-refractivity contribution in [2.75, 3.05) is 51.9 Å². The van der Waals surface area contributed by atoms with Crippen LogP contribution in [0, 0.1) is 11.8 Å². The molecule has 1 amide bonds. The lowest BCUT2D eigenvalue weighted by atomic mass is 9.70. The van der Waals surface area contributed by atoms with E-state index in [1.54, 1.807) is 30.3 Å². The molecule has 13 heteroatoms. The van der Waals surface area contributed by atoms with Crippen molar-refractivity contribution in [3.05, 3.63) is 59.1 Å². The molecule has 2 bridgehead atoms. The van der Waals surface area contributed by atoms with Crippen molar-refractivity contribution in [2.45, 2.75) is 56.3 Å². The smallest absolute Gasteiger partial charge is 0.434 e. The predicted molar refractivity (Wildman–Crippen MR) is 170 cm³/mol. The minimum atomic E-state index is -3.87. The molecule has 1 N–H and O–H groups in total. The number of nitrogens with one attached hydrogen (secondary N) is 1. The van der Waals surface area contributed by atoms with Crippen LogP contribution in [0.25, 0.3) is 0 Å². The third-order valence-corrected chi connectivity index (χ3v) is 10.2. The highest BCUT2D eigenvalue weighted by atomic mass is 35.5. The number of nitrogens with zero attached hydrogens (tertiary/aromatic N) is 2. The first kappa shape index (κ1) is 33.3. The number of carbonyl (C=O) groups is 1. The Bertz CT molecular complexity index is 1500. The van der Waals surface area contributed by atoms with Gasteiger partial charge in [-0.3, -0.25) is 4.84 Å². The second kappa shape index (κ2) is 14.2. The number of hydrogen-bond donors (Lipinski definition) is 1. The number of halogens is 1. The molecule has 0 saturated heterocycles. The number of fused-ring (bicyclic) bond motifs is 3. The van der Waals surface area contributed by atoms with Crippen LogP contribution in [-0.4, -0.2) is 78.3 Å². The third kappa shape index (κ3) is 8.23. The normalized spacial score (nSPS) is 25.4. The molecule has 3 atom stereocenters. The number of rotatable bonds is 2. The molecule has 3 aliphatic rings. The zero-order chi connectivity index (χ0) is 32.2. The monoisotopic (exact) mass is 663 g/mol. The number of benzene rings is 2. The largest absolute Gasteiger partial charge is 0.493 e. The van der Waals surface area contributed by atoms with Gasteiger partial charge in [-0.15, -0.1) is 0 Å². The fraction of sp³-hybridized carbons (Fsp3) is 0.531. The van der Waals surface area contributed by atoms with Gasteiger partial charge in [-0.25, -0.2) is 17.9 Å². The molecular weight excluding hydrogens is 622 g/mol. The summed E-state index contributed by atoms with van der Waals surface area (Å²) in [6.45, 7) is 5.74. The number of sulfonamides is 1. The summed E-state index contributed by atoms with van der Waals surface area (Å²) in [5.41, 5.74) is 0.705. The maximum atomic E-state index is 13.5. The Morgan fingerprint density at radius 1 is 1.13 bits per heavy atom. The van der Waals surface area contributed by atoms with E-state index < -0.39 is 27.8 Å². The van der Waals surface area contributed by atoms with Crippen LogP contribution in [0.1, 0.15) is 38.7 Å². The van der Waals surface area contributed by atoms with Crippen molar-refractivity contribution in [3.8, 4) is 11.5 Å². The van der Waals surface area contributed by atoms with Crippen molar-refractivity contribution in [1.29, 1.82) is 0 Å². The van der Waals surface area contributed by atoms with E-state index in [0.717, 1.165) is 23.5 Å². The molecule has 2 aliphatic heterocycles. The molecular formula is C32H42ClN3O8S. The van der Waals surface area contributed by atoms with Crippen LogP contribution in [0.15, 0.2) is 53.4 Å². The molecule has 2 aromatic carbocycles. The zero-order valence-electron chi connectivity index (χ0n) is 26.2. The average molecular weight is 664 g/mol.